The molecule has 1 aliphatic rings. The summed E-state index contributed by atoms with van der Waals surface area (Å²) in [4.78, 5) is 21.0. The predicted molar refractivity (Wildman–Crippen MR) is 93.5 cm³/mol. The van der Waals surface area contributed by atoms with E-state index < -0.39 is 5.60 Å². The lowest BCUT2D eigenvalue weighted by atomic mass is 10.1. The van der Waals surface area contributed by atoms with Gasteiger partial charge in [-0.3, -0.25) is 9.36 Å². The molecule has 128 valence electrons. The van der Waals surface area contributed by atoms with E-state index in [4.69, 9.17) is 9.47 Å². The van der Waals surface area contributed by atoms with E-state index in [-0.39, 0.29) is 5.56 Å². The van der Waals surface area contributed by atoms with E-state index in [1.165, 1.54) is 6.33 Å². The van der Waals surface area contributed by atoms with E-state index in [1.54, 1.807) is 24.9 Å². The van der Waals surface area contributed by atoms with Crippen LogP contribution in [0.4, 0.5) is 0 Å². The van der Waals surface area contributed by atoms with Gasteiger partial charge in [-0.1, -0.05) is 12.1 Å². The highest BCUT2D eigenvalue weighted by molar-refractivity contribution is 5.74. The SMILES string of the molecule is COc1ccc(COC2(c3cc4cncnc4n(C)c3=O)CC2)cc1. The Bertz CT molecular complexity index is 975. The molecule has 0 bridgehead atoms. The van der Waals surface area contributed by atoms with Crippen molar-refractivity contribution < 1.29 is 9.47 Å². The first-order chi connectivity index (χ1) is 12.1. The zero-order valence-electron chi connectivity index (χ0n) is 14.2. The van der Waals surface area contributed by atoms with Crippen molar-refractivity contribution in [3.05, 3.63) is 64.3 Å². The van der Waals surface area contributed by atoms with E-state index >= 15 is 0 Å². The van der Waals surface area contributed by atoms with E-state index in [1.807, 2.05) is 30.3 Å². The van der Waals surface area contributed by atoms with Crippen LogP contribution in [0, 0.1) is 0 Å². The molecule has 6 nitrogen and oxygen atoms in total. The average Bonchev–Trinajstić information content (AvgIpc) is 3.44. The van der Waals surface area contributed by atoms with Crippen LogP contribution in [0.1, 0.15) is 24.0 Å². The zero-order valence-corrected chi connectivity index (χ0v) is 14.2. The second kappa shape index (κ2) is 5.97. The number of hydrogen-bond acceptors (Lipinski definition) is 5. The van der Waals surface area contributed by atoms with Crippen molar-refractivity contribution >= 4 is 11.0 Å². The Kier molecular flexibility index (Phi) is 3.77. The molecule has 0 radical (unpaired) electrons. The summed E-state index contributed by atoms with van der Waals surface area (Å²) < 4.78 is 12.9. The number of aryl methyl sites for hydroxylation is 1. The molecule has 0 saturated heterocycles. The summed E-state index contributed by atoms with van der Waals surface area (Å²) in [7, 11) is 3.38. The van der Waals surface area contributed by atoms with Crippen molar-refractivity contribution in [1.29, 1.82) is 0 Å². The molecule has 0 aliphatic heterocycles. The number of ether oxygens (including phenoxy) is 2. The van der Waals surface area contributed by atoms with Gasteiger partial charge in [-0.2, -0.15) is 0 Å². The summed E-state index contributed by atoms with van der Waals surface area (Å²) in [5.41, 5.74) is 1.81. The number of rotatable bonds is 5. The normalized spacial score (nSPS) is 15.3. The first-order valence-electron chi connectivity index (χ1n) is 8.20. The van der Waals surface area contributed by atoms with E-state index in [9.17, 15) is 4.79 Å². The molecule has 25 heavy (non-hydrogen) atoms. The largest absolute Gasteiger partial charge is 0.497 e. The summed E-state index contributed by atoms with van der Waals surface area (Å²) >= 11 is 0. The predicted octanol–water partition coefficient (Wildman–Crippen LogP) is 2.54. The van der Waals surface area contributed by atoms with Crippen LogP contribution in [0.15, 0.2) is 47.7 Å². The van der Waals surface area contributed by atoms with Crippen LogP contribution in [-0.4, -0.2) is 21.6 Å². The van der Waals surface area contributed by atoms with Crippen LogP contribution in [0.25, 0.3) is 11.0 Å². The van der Waals surface area contributed by atoms with E-state index in [2.05, 4.69) is 9.97 Å². The fraction of sp³-hybridized carbons (Fsp3) is 0.316. The Balaban J connectivity index is 1.63. The molecule has 3 aromatic rings. The van der Waals surface area contributed by atoms with Crippen LogP contribution in [0.5, 0.6) is 5.75 Å². The van der Waals surface area contributed by atoms with E-state index in [0.29, 0.717) is 17.8 Å². The van der Waals surface area contributed by atoms with Crippen LogP contribution in [0.2, 0.25) is 0 Å². The maximum Gasteiger partial charge on any atom is 0.258 e. The smallest absolute Gasteiger partial charge is 0.258 e. The Hall–Kier alpha value is -2.73. The van der Waals surface area contributed by atoms with E-state index in [0.717, 1.165) is 29.5 Å². The number of fused-ring (bicyclic) bond motifs is 1. The maximum absolute atomic E-state index is 12.8. The number of benzene rings is 1. The molecule has 1 aromatic carbocycles. The second-order valence-corrected chi connectivity index (χ2v) is 6.35. The maximum atomic E-state index is 12.8. The van der Waals surface area contributed by atoms with Gasteiger partial charge in [0.2, 0.25) is 0 Å². The van der Waals surface area contributed by atoms with Crippen molar-refractivity contribution in [2.75, 3.05) is 7.11 Å². The quantitative estimate of drug-likeness (QED) is 0.716. The van der Waals surface area contributed by atoms with Crippen molar-refractivity contribution in [3.8, 4) is 5.75 Å². The Morgan fingerprint density at radius 3 is 2.68 bits per heavy atom. The highest BCUT2D eigenvalue weighted by atomic mass is 16.5. The Labute approximate surface area is 145 Å². The van der Waals surface area contributed by atoms with Crippen LogP contribution in [-0.2, 0) is 24.0 Å². The third-order valence-corrected chi connectivity index (χ3v) is 4.74. The summed E-state index contributed by atoms with van der Waals surface area (Å²) in [6.45, 7) is 0.455. The molecule has 2 aromatic heterocycles. The van der Waals surface area contributed by atoms with Crippen LogP contribution >= 0.6 is 0 Å². The molecule has 0 spiro atoms. The van der Waals surface area contributed by atoms with Gasteiger partial charge in [0.1, 0.15) is 17.7 Å². The molecule has 1 aliphatic carbocycles. The molecule has 1 saturated carbocycles. The highest BCUT2D eigenvalue weighted by Crippen LogP contribution is 2.48. The number of hydrogen-bond donors (Lipinski definition) is 0. The highest BCUT2D eigenvalue weighted by Gasteiger charge is 2.48. The van der Waals surface area contributed by atoms with Crippen molar-refractivity contribution in [3.63, 3.8) is 0 Å². The number of pyridine rings is 1. The van der Waals surface area contributed by atoms with Crippen molar-refractivity contribution in [1.82, 2.24) is 14.5 Å². The molecule has 0 unspecified atom stereocenters. The van der Waals surface area contributed by atoms with Gasteiger partial charge in [-0.15, -0.1) is 0 Å². The molecule has 6 heteroatoms. The van der Waals surface area contributed by atoms with Gasteiger partial charge in [0, 0.05) is 18.6 Å². The van der Waals surface area contributed by atoms with Gasteiger partial charge >= 0.3 is 0 Å². The molecule has 4 rings (SSSR count). The first kappa shape index (κ1) is 15.8. The molecule has 1 fully saturated rings. The van der Waals surface area contributed by atoms with Crippen LogP contribution in [0.3, 0.4) is 0 Å². The molecular weight excluding hydrogens is 318 g/mol. The molecule has 0 amide bonds. The topological polar surface area (TPSA) is 66.2 Å². The van der Waals surface area contributed by atoms with Gasteiger partial charge in [0.15, 0.2) is 0 Å². The molecule has 2 heterocycles. The van der Waals surface area contributed by atoms with Crippen molar-refractivity contribution in [2.24, 2.45) is 7.05 Å². The summed E-state index contributed by atoms with van der Waals surface area (Å²) in [5, 5.41) is 0.846. The van der Waals surface area contributed by atoms with Gasteiger partial charge < -0.3 is 9.47 Å². The fourth-order valence-electron chi connectivity index (χ4n) is 3.08. The third kappa shape index (κ3) is 2.78. The number of methoxy groups -OCH3 is 1. The lowest BCUT2D eigenvalue weighted by Gasteiger charge is -2.18. The van der Waals surface area contributed by atoms with Gasteiger partial charge in [0.05, 0.1) is 24.9 Å². The monoisotopic (exact) mass is 337 g/mol. The lowest BCUT2D eigenvalue weighted by molar-refractivity contribution is 0.0161. The number of nitrogens with zero attached hydrogens (tertiary/aromatic N) is 3. The minimum absolute atomic E-state index is 0.0570. The van der Waals surface area contributed by atoms with Gasteiger partial charge in [0.25, 0.3) is 5.56 Å². The average molecular weight is 337 g/mol. The summed E-state index contributed by atoms with van der Waals surface area (Å²) in [5.74, 6) is 0.813. The molecule has 0 atom stereocenters. The van der Waals surface area contributed by atoms with Crippen molar-refractivity contribution in [2.45, 2.75) is 25.0 Å². The third-order valence-electron chi connectivity index (χ3n) is 4.74. The minimum atomic E-state index is -0.501. The fourth-order valence-corrected chi connectivity index (χ4v) is 3.08. The minimum Gasteiger partial charge on any atom is -0.497 e. The zero-order chi connectivity index (χ0) is 17.4. The van der Waals surface area contributed by atoms with Crippen LogP contribution < -0.4 is 10.3 Å². The Morgan fingerprint density at radius 1 is 1.24 bits per heavy atom. The molecular formula is C19H19N3O3. The molecule has 0 N–H and O–H groups in total. The lowest BCUT2D eigenvalue weighted by Crippen LogP contribution is -2.28. The Morgan fingerprint density at radius 2 is 2.00 bits per heavy atom. The summed E-state index contributed by atoms with van der Waals surface area (Å²) in [6.07, 6.45) is 4.87. The summed E-state index contributed by atoms with van der Waals surface area (Å²) in [6, 6.07) is 9.64. The standard InChI is InChI=1S/C19H19N3O3/c1-22-17-14(10-20-12-21-17)9-16(18(22)23)19(7-8-19)25-11-13-3-5-15(24-2)6-4-13/h3-6,9-10,12H,7-8,11H2,1-2H3. The van der Waals surface area contributed by atoms with Gasteiger partial charge in [-0.25, -0.2) is 9.97 Å². The second-order valence-electron chi connectivity index (χ2n) is 6.35. The number of aromatic nitrogens is 3. The first-order valence-corrected chi connectivity index (χ1v) is 8.20. The van der Waals surface area contributed by atoms with Gasteiger partial charge in [-0.05, 0) is 36.6 Å².